The smallest absolute Gasteiger partial charge is 0.219 e. The summed E-state index contributed by atoms with van der Waals surface area (Å²) in [5.74, 6) is 0.735. The number of nitrogens with one attached hydrogen (secondary N) is 3. The molecule has 1 unspecified atom stereocenters. The van der Waals surface area contributed by atoms with E-state index in [2.05, 4.69) is 63.7 Å². The SMILES string of the molecule is C=C(N)NC.C=CNCCCCC.CC.CCCCCC(=O)NCCC(C)(CC)CCC. The summed E-state index contributed by atoms with van der Waals surface area (Å²) in [6, 6.07) is 0. The highest BCUT2D eigenvalue weighted by atomic mass is 16.1. The maximum atomic E-state index is 11.5. The number of amides is 1. The first-order valence-corrected chi connectivity index (χ1v) is 13.0. The van der Waals surface area contributed by atoms with E-state index in [1.165, 1.54) is 44.9 Å². The molecule has 0 fully saturated rings. The lowest BCUT2D eigenvalue weighted by molar-refractivity contribution is -0.121. The molecule has 1 atom stereocenters. The molecule has 0 rings (SSSR count). The Morgan fingerprint density at radius 1 is 0.938 bits per heavy atom. The van der Waals surface area contributed by atoms with Crippen molar-refractivity contribution in [1.29, 1.82) is 0 Å². The van der Waals surface area contributed by atoms with Gasteiger partial charge >= 0.3 is 0 Å². The molecule has 0 aliphatic heterocycles. The maximum Gasteiger partial charge on any atom is 0.219 e. The lowest BCUT2D eigenvalue weighted by atomic mass is 9.80. The first-order chi connectivity index (χ1) is 15.3. The minimum Gasteiger partial charge on any atom is -0.391 e. The number of hydrogen-bond acceptors (Lipinski definition) is 4. The van der Waals surface area contributed by atoms with Gasteiger partial charge in [0.15, 0.2) is 0 Å². The fourth-order valence-corrected chi connectivity index (χ4v) is 2.79. The van der Waals surface area contributed by atoms with Crippen molar-refractivity contribution in [2.24, 2.45) is 11.1 Å². The Kier molecular flexibility index (Phi) is 37.1. The van der Waals surface area contributed by atoms with Crippen LogP contribution in [0.3, 0.4) is 0 Å². The lowest BCUT2D eigenvalue weighted by Crippen LogP contribution is -2.28. The van der Waals surface area contributed by atoms with Crippen molar-refractivity contribution < 1.29 is 4.79 Å². The van der Waals surface area contributed by atoms with Crippen LogP contribution in [0.4, 0.5) is 0 Å². The summed E-state index contributed by atoms with van der Waals surface area (Å²) in [6.45, 7) is 24.0. The van der Waals surface area contributed by atoms with Crippen LogP contribution in [-0.2, 0) is 4.79 Å². The summed E-state index contributed by atoms with van der Waals surface area (Å²) >= 11 is 0. The Hall–Kier alpha value is -1.65. The molecule has 0 heterocycles. The first kappa shape index (κ1) is 37.7. The molecule has 0 aliphatic carbocycles. The van der Waals surface area contributed by atoms with E-state index >= 15 is 0 Å². The van der Waals surface area contributed by atoms with E-state index in [9.17, 15) is 4.79 Å². The van der Waals surface area contributed by atoms with E-state index in [0.29, 0.717) is 17.7 Å². The van der Waals surface area contributed by atoms with Crippen LogP contribution in [0.5, 0.6) is 0 Å². The van der Waals surface area contributed by atoms with Gasteiger partial charge in [0.05, 0.1) is 5.82 Å². The molecule has 0 saturated carbocycles. The highest BCUT2D eigenvalue weighted by Gasteiger charge is 2.20. The number of rotatable bonds is 16. The van der Waals surface area contributed by atoms with Gasteiger partial charge in [-0.25, -0.2) is 0 Å². The molecule has 0 radical (unpaired) electrons. The average molecular weight is 457 g/mol. The maximum absolute atomic E-state index is 11.5. The Morgan fingerprint density at radius 2 is 1.47 bits per heavy atom. The topological polar surface area (TPSA) is 79.2 Å². The number of carbonyl (C=O) groups excluding carboxylic acids is 1. The Bertz CT molecular complexity index is 399. The summed E-state index contributed by atoms with van der Waals surface area (Å²) in [5.41, 5.74) is 5.39. The highest BCUT2D eigenvalue weighted by molar-refractivity contribution is 5.75. The zero-order valence-corrected chi connectivity index (χ0v) is 23.2. The first-order valence-electron chi connectivity index (χ1n) is 13.0. The molecule has 1 amide bonds. The van der Waals surface area contributed by atoms with Crippen molar-refractivity contribution in [1.82, 2.24) is 16.0 Å². The summed E-state index contributed by atoms with van der Waals surface area (Å²) < 4.78 is 0. The molecule has 0 spiro atoms. The molecule has 0 bridgehead atoms. The van der Waals surface area contributed by atoms with Gasteiger partial charge in [-0.3, -0.25) is 4.79 Å². The van der Waals surface area contributed by atoms with Crippen LogP contribution in [0.15, 0.2) is 25.2 Å². The summed E-state index contributed by atoms with van der Waals surface area (Å²) in [7, 11) is 1.72. The molecule has 5 N–H and O–H groups in total. The van der Waals surface area contributed by atoms with Gasteiger partial charge < -0.3 is 21.7 Å². The molecule has 194 valence electrons. The van der Waals surface area contributed by atoms with E-state index in [1.807, 2.05) is 13.8 Å². The van der Waals surface area contributed by atoms with Crippen molar-refractivity contribution >= 4 is 5.91 Å². The second-order valence-electron chi connectivity index (χ2n) is 8.11. The van der Waals surface area contributed by atoms with E-state index in [0.717, 1.165) is 32.4 Å². The molecule has 0 saturated heterocycles. The number of hydrogen-bond donors (Lipinski definition) is 4. The monoisotopic (exact) mass is 456 g/mol. The predicted molar refractivity (Wildman–Crippen MR) is 147 cm³/mol. The molecular weight excluding hydrogens is 396 g/mol. The normalized spacial score (nSPS) is 11.0. The number of nitrogens with two attached hydrogens (primary N) is 1. The molecule has 0 aliphatic rings. The molecular formula is C27H60N4O. The Morgan fingerprint density at radius 3 is 1.88 bits per heavy atom. The molecule has 0 aromatic rings. The van der Waals surface area contributed by atoms with Crippen LogP contribution in [0.25, 0.3) is 0 Å². The predicted octanol–water partition coefficient (Wildman–Crippen LogP) is 6.86. The minimum atomic E-state index is 0.230. The van der Waals surface area contributed by atoms with Crippen molar-refractivity contribution in [3.05, 3.63) is 25.2 Å². The molecule has 0 aromatic heterocycles. The Labute approximate surface area is 202 Å². The van der Waals surface area contributed by atoms with Crippen LogP contribution in [0.1, 0.15) is 119 Å². The summed E-state index contributed by atoms with van der Waals surface area (Å²) in [6.07, 6.45) is 14.5. The number of unbranched alkanes of at least 4 members (excludes halogenated alkanes) is 4. The molecule has 0 aromatic carbocycles. The van der Waals surface area contributed by atoms with E-state index in [1.54, 1.807) is 13.2 Å². The minimum absolute atomic E-state index is 0.230. The van der Waals surface area contributed by atoms with Crippen LogP contribution >= 0.6 is 0 Å². The zero-order valence-electron chi connectivity index (χ0n) is 23.2. The van der Waals surface area contributed by atoms with Gasteiger partial charge in [0, 0.05) is 26.6 Å². The fourth-order valence-electron chi connectivity index (χ4n) is 2.79. The standard InChI is InChI=1S/C15H31NO.C7H15N.C3H8N2.C2H6/c1-5-8-9-10-14(17)16-13-12-15(4,7-3)11-6-2;1-3-5-6-7-8-4-2;1-3(4)5-2;1-2/h5-13H2,1-4H3,(H,16,17);4,8H,2-3,5-7H2,1H3;5H,1,4H2,2H3;1-2H3. The van der Waals surface area contributed by atoms with Gasteiger partial charge in [-0.1, -0.05) is 100 Å². The summed E-state index contributed by atoms with van der Waals surface area (Å²) in [5, 5.41) is 8.71. The van der Waals surface area contributed by atoms with Gasteiger partial charge in [0.1, 0.15) is 0 Å². The molecule has 5 nitrogen and oxygen atoms in total. The van der Waals surface area contributed by atoms with Gasteiger partial charge in [-0.15, -0.1) is 0 Å². The largest absolute Gasteiger partial charge is 0.391 e. The van der Waals surface area contributed by atoms with Gasteiger partial charge in [-0.05, 0) is 37.3 Å². The van der Waals surface area contributed by atoms with Gasteiger partial charge in [0.25, 0.3) is 0 Å². The van der Waals surface area contributed by atoms with E-state index in [-0.39, 0.29) is 5.91 Å². The van der Waals surface area contributed by atoms with Crippen molar-refractivity contribution in [2.45, 2.75) is 119 Å². The molecule has 5 heteroatoms. The second kappa shape index (κ2) is 31.5. The van der Waals surface area contributed by atoms with Crippen LogP contribution in [-0.4, -0.2) is 26.0 Å². The van der Waals surface area contributed by atoms with Crippen molar-refractivity contribution in [3.8, 4) is 0 Å². The van der Waals surface area contributed by atoms with Crippen molar-refractivity contribution in [3.63, 3.8) is 0 Å². The van der Waals surface area contributed by atoms with Gasteiger partial charge in [-0.2, -0.15) is 0 Å². The third-order valence-electron chi connectivity index (χ3n) is 5.16. The fraction of sp³-hybridized carbons (Fsp3) is 0.815. The zero-order chi connectivity index (χ0) is 25.7. The lowest BCUT2D eigenvalue weighted by Gasteiger charge is -2.27. The van der Waals surface area contributed by atoms with Crippen LogP contribution < -0.4 is 21.7 Å². The van der Waals surface area contributed by atoms with E-state index in [4.69, 9.17) is 5.73 Å². The Balaban J connectivity index is -0.000000216. The van der Waals surface area contributed by atoms with Gasteiger partial charge in [0.2, 0.25) is 5.91 Å². The molecule has 32 heavy (non-hydrogen) atoms. The van der Waals surface area contributed by atoms with Crippen LogP contribution in [0, 0.1) is 5.41 Å². The third-order valence-corrected chi connectivity index (χ3v) is 5.16. The highest BCUT2D eigenvalue weighted by Crippen LogP contribution is 2.30. The van der Waals surface area contributed by atoms with Crippen LogP contribution in [0.2, 0.25) is 0 Å². The van der Waals surface area contributed by atoms with E-state index < -0.39 is 0 Å². The quantitative estimate of drug-likeness (QED) is 0.191. The average Bonchev–Trinajstić information content (AvgIpc) is 2.79. The third kappa shape index (κ3) is 35.8. The summed E-state index contributed by atoms with van der Waals surface area (Å²) in [4.78, 5) is 11.5. The number of carbonyl (C=O) groups is 1. The second-order valence-corrected chi connectivity index (χ2v) is 8.11. The van der Waals surface area contributed by atoms with Crippen molar-refractivity contribution in [2.75, 3.05) is 20.1 Å².